The Balaban J connectivity index is 1.86. The van der Waals surface area contributed by atoms with Gasteiger partial charge in [-0.25, -0.2) is 4.39 Å². The molecule has 4 heteroatoms. The van der Waals surface area contributed by atoms with Gasteiger partial charge in [-0.1, -0.05) is 6.07 Å². The van der Waals surface area contributed by atoms with Gasteiger partial charge in [0.05, 0.1) is 11.3 Å². The van der Waals surface area contributed by atoms with Gasteiger partial charge < -0.3 is 9.80 Å². The molecule has 2 fully saturated rings. The molecular weight excluding hydrogens is 267 g/mol. The molecule has 2 aliphatic heterocycles. The zero-order valence-corrected chi connectivity index (χ0v) is 12.8. The van der Waals surface area contributed by atoms with Crippen LogP contribution in [0.3, 0.4) is 0 Å². The van der Waals surface area contributed by atoms with Crippen LogP contribution in [0.1, 0.15) is 36.5 Å². The lowest BCUT2D eigenvalue weighted by atomic mass is 9.84. The van der Waals surface area contributed by atoms with Crippen LogP contribution in [0.5, 0.6) is 0 Å². The third-order valence-corrected chi connectivity index (χ3v) is 5.03. The van der Waals surface area contributed by atoms with E-state index in [9.17, 15) is 9.18 Å². The second-order valence-electron chi connectivity index (χ2n) is 6.38. The maximum absolute atomic E-state index is 14.0. The van der Waals surface area contributed by atoms with Gasteiger partial charge >= 0.3 is 0 Å². The molecule has 0 aliphatic carbocycles. The number of Topliss-reactive ketones (excluding diaryl/α,β-unsaturated/α-hetero) is 1. The number of hydrogen-bond donors (Lipinski definition) is 0. The molecule has 3 rings (SSSR count). The highest BCUT2D eigenvalue weighted by Gasteiger charge is 2.35. The predicted octanol–water partition coefficient (Wildman–Crippen LogP) is 2.95. The molecule has 21 heavy (non-hydrogen) atoms. The molecular formula is C17H23FN2O. The first kappa shape index (κ1) is 14.5. The van der Waals surface area contributed by atoms with E-state index in [1.807, 2.05) is 6.07 Å². The van der Waals surface area contributed by atoms with Crippen molar-refractivity contribution >= 4 is 11.5 Å². The monoisotopic (exact) mass is 290 g/mol. The Labute approximate surface area is 125 Å². The molecule has 0 radical (unpaired) electrons. The van der Waals surface area contributed by atoms with Crippen molar-refractivity contribution in [2.24, 2.45) is 5.92 Å². The number of hydrogen-bond acceptors (Lipinski definition) is 3. The number of piperidine rings is 2. The SMILES string of the molecule is CC(=O)c1c(F)cccc1N1CCC2C(CCCN2C)C1. The van der Waals surface area contributed by atoms with E-state index in [0.29, 0.717) is 12.0 Å². The van der Waals surface area contributed by atoms with E-state index in [-0.39, 0.29) is 11.3 Å². The van der Waals surface area contributed by atoms with Crippen LogP contribution in [-0.2, 0) is 0 Å². The molecule has 2 saturated heterocycles. The quantitative estimate of drug-likeness (QED) is 0.782. The third kappa shape index (κ3) is 2.69. The molecule has 114 valence electrons. The fourth-order valence-electron chi connectivity index (χ4n) is 4.00. The summed E-state index contributed by atoms with van der Waals surface area (Å²) in [5, 5.41) is 0. The second kappa shape index (κ2) is 5.76. The van der Waals surface area contributed by atoms with E-state index in [2.05, 4.69) is 16.8 Å². The maximum Gasteiger partial charge on any atom is 0.164 e. The number of halogens is 1. The van der Waals surface area contributed by atoms with Crippen LogP contribution in [0.15, 0.2) is 18.2 Å². The van der Waals surface area contributed by atoms with Crippen LogP contribution in [-0.4, -0.2) is 43.4 Å². The molecule has 0 aromatic heterocycles. The predicted molar refractivity (Wildman–Crippen MR) is 82.4 cm³/mol. The number of ketones is 1. The molecule has 1 aromatic rings. The number of likely N-dealkylation sites (tertiary alicyclic amines) is 1. The summed E-state index contributed by atoms with van der Waals surface area (Å²) in [4.78, 5) is 16.5. The van der Waals surface area contributed by atoms with Gasteiger partial charge in [0.15, 0.2) is 5.78 Å². The molecule has 0 spiro atoms. The van der Waals surface area contributed by atoms with Crippen molar-refractivity contribution in [2.45, 2.75) is 32.2 Å². The lowest BCUT2D eigenvalue weighted by Crippen LogP contribution is -2.53. The summed E-state index contributed by atoms with van der Waals surface area (Å²) in [7, 11) is 2.20. The fourth-order valence-corrected chi connectivity index (χ4v) is 4.00. The van der Waals surface area contributed by atoms with Crippen LogP contribution in [0.2, 0.25) is 0 Å². The number of benzene rings is 1. The van der Waals surface area contributed by atoms with Gasteiger partial charge in [0.2, 0.25) is 0 Å². The van der Waals surface area contributed by atoms with E-state index in [1.165, 1.54) is 32.4 Å². The fraction of sp³-hybridized carbons (Fsp3) is 0.588. The summed E-state index contributed by atoms with van der Waals surface area (Å²) in [5.41, 5.74) is 1.02. The summed E-state index contributed by atoms with van der Waals surface area (Å²) in [6.45, 7) is 4.46. The average Bonchev–Trinajstić information content (AvgIpc) is 2.46. The molecule has 0 saturated carbocycles. The molecule has 1 aromatic carbocycles. The van der Waals surface area contributed by atoms with Crippen LogP contribution >= 0.6 is 0 Å². The lowest BCUT2D eigenvalue weighted by molar-refractivity contribution is 0.0997. The number of carbonyl (C=O) groups is 1. The zero-order chi connectivity index (χ0) is 15.0. The summed E-state index contributed by atoms with van der Waals surface area (Å²) >= 11 is 0. The van der Waals surface area contributed by atoms with E-state index in [4.69, 9.17) is 0 Å². The van der Waals surface area contributed by atoms with Crippen molar-refractivity contribution < 1.29 is 9.18 Å². The molecule has 0 amide bonds. The second-order valence-corrected chi connectivity index (χ2v) is 6.38. The highest BCUT2D eigenvalue weighted by Crippen LogP contribution is 2.33. The van der Waals surface area contributed by atoms with Gasteiger partial charge in [-0.15, -0.1) is 0 Å². The number of fused-ring (bicyclic) bond motifs is 1. The van der Waals surface area contributed by atoms with Crippen LogP contribution < -0.4 is 4.90 Å². The molecule has 2 atom stereocenters. The number of rotatable bonds is 2. The van der Waals surface area contributed by atoms with Crippen molar-refractivity contribution in [2.75, 3.05) is 31.6 Å². The zero-order valence-electron chi connectivity index (χ0n) is 12.8. The van der Waals surface area contributed by atoms with Gasteiger partial charge in [0.1, 0.15) is 5.82 Å². The Morgan fingerprint density at radius 1 is 1.29 bits per heavy atom. The Morgan fingerprint density at radius 3 is 2.86 bits per heavy atom. The summed E-state index contributed by atoms with van der Waals surface area (Å²) in [6, 6.07) is 5.61. The highest BCUT2D eigenvalue weighted by molar-refractivity contribution is 6.00. The summed E-state index contributed by atoms with van der Waals surface area (Å²) < 4.78 is 14.0. The van der Waals surface area contributed by atoms with Crippen molar-refractivity contribution in [1.82, 2.24) is 4.90 Å². The van der Waals surface area contributed by atoms with Crippen LogP contribution in [0.4, 0.5) is 10.1 Å². The van der Waals surface area contributed by atoms with Crippen molar-refractivity contribution in [1.29, 1.82) is 0 Å². The van der Waals surface area contributed by atoms with Crippen LogP contribution in [0, 0.1) is 11.7 Å². The van der Waals surface area contributed by atoms with Gasteiger partial charge in [-0.3, -0.25) is 4.79 Å². The first-order valence-electron chi connectivity index (χ1n) is 7.82. The summed E-state index contributed by atoms with van der Waals surface area (Å²) in [5.74, 6) is 0.0365. The van der Waals surface area contributed by atoms with E-state index >= 15 is 0 Å². The Hall–Kier alpha value is -1.42. The molecule has 3 nitrogen and oxygen atoms in total. The van der Waals surface area contributed by atoms with Gasteiger partial charge in [0, 0.05) is 19.1 Å². The van der Waals surface area contributed by atoms with Crippen molar-refractivity contribution in [3.8, 4) is 0 Å². The van der Waals surface area contributed by atoms with Gasteiger partial charge in [0.25, 0.3) is 0 Å². The number of nitrogens with zero attached hydrogens (tertiary/aromatic N) is 2. The minimum Gasteiger partial charge on any atom is -0.370 e. The summed E-state index contributed by atoms with van der Waals surface area (Å²) in [6.07, 6.45) is 3.56. The molecule has 2 aliphatic rings. The minimum atomic E-state index is -0.400. The molecule has 0 bridgehead atoms. The van der Waals surface area contributed by atoms with E-state index in [1.54, 1.807) is 6.07 Å². The molecule has 0 N–H and O–H groups in total. The normalized spacial score (nSPS) is 26.5. The first-order chi connectivity index (χ1) is 10.1. The van der Waals surface area contributed by atoms with Crippen LogP contribution in [0.25, 0.3) is 0 Å². The maximum atomic E-state index is 14.0. The Morgan fingerprint density at radius 2 is 2.10 bits per heavy atom. The third-order valence-electron chi connectivity index (χ3n) is 5.03. The molecule has 2 heterocycles. The van der Waals surface area contributed by atoms with Gasteiger partial charge in [-0.2, -0.15) is 0 Å². The topological polar surface area (TPSA) is 23.6 Å². The largest absolute Gasteiger partial charge is 0.370 e. The highest BCUT2D eigenvalue weighted by atomic mass is 19.1. The Bertz CT molecular complexity index is 546. The number of carbonyl (C=O) groups excluding carboxylic acids is 1. The lowest BCUT2D eigenvalue weighted by Gasteiger charge is -2.47. The van der Waals surface area contributed by atoms with Gasteiger partial charge in [-0.05, 0) is 57.8 Å². The standard InChI is InChI=1S/C17H23FN2O/c1-12(21)17-14(18)6-3-7-16(17)20-10-8-15-13(11-20)5-4-9-19(15)2/h3,6-7,13,15H,4-5,8-11H2,1-2H3. The van der Waals surface area contributed by atoms with Crippen molar-refractivity contribution in [3.63, 3.8) is 0 Å². The molecule has 2 unspecified atom stereocenters. The van der Waals surface area contributed by atoms with E-state index < -0.39 is 5.82 Å². The van der Waals surface area contributed by atoms with Crippen molar-refractivity contribution in [3.05, 3.63) is 29.6 Å². The minimum absolute atomic E-state index is 0.189. The van der Waals surface area contributed by atoms with E-state index in [0.717, 1.165) is 25.2 Å². The number of anilines is 1. The smallest absolute Gasteiger partial charge is 0.164 e. The Kier molecular flexibility index (Phi) is 3.98. The average molecular weight is 290 g/mol. The first-order valence-corrected chi connectivity index (χ1v) is 7.82.